The molecule has 1 heterocycles. The molecular weight excluding hydrogens is 480 g/mol. The third kappa shape index (κ3) is 5.31. The molecule has 0 bridgehead atoms. The van der Waals surface area contributed by atoms with Crippen molar-refractivity contribution < 1.29 is 17.9 Å². The van der Waals surface area contributed by atoms with Crippen molar-refractivity contribution >= 4 is 49.1 Å². The summed E-state index contributed by atoms with van der Waals surface area (Å²) in [5.74, 6) is 0.129. The second kappa shape index (κ2) is 9.47. The molecule has 2 aromatic rings. The number of carbonyl (C=O) groups is 1. The Balaban J connectivity index is 1.63. The number of halogens is 2. The molecule has 156 valence electrons. The van der Waals surface area contributed by atoms with Gasteiger partial charge in [-0.1, -0.05) is 33.6 Å². The van der Waals surface area contributed by atoms with E-state index >= 15 is 0 Å². The molecule has 9 heteroatoms. The Morgan fingerprint density at radius 2 is 1.97 bits per heavy atom. The van der Waals surface area contributed by atoms with Gasteiger partial charge in [-0.2, -0.15) is 4.31 Å². The molecule has 1 amide bonds. The topological polar surface area (TPSA) is 75.7 Å². The SMILES string of the molecule is CCOc1ccc(S(=O)(=O)N2CCC(C(=O)Nc3cccc(Br)c3)CC2)cc1Cl. The Morgan fingerprint density at radius 1 is 1.24 bits per heavy atom. The van der Waals surface area contributed by atoms with Crippen LogP contribution in [0.15, 0.2) is 51.8 Å². The van der Waals surface area contributed by atoms with E-state index in [1.807, 2.05) is 31.2 Å². The number of nitrogens with zero attached hydrogens (tertiary/aromatic N) is 1. The van der Waals surface area contributed by atoms with Crippen LogP contribution in [0.3, 0.4) is 0 Å². The van der Waals surface area contributed by atoms with Gasteiger partial charge in [-0.05, 0) is 56.2 Å². The summed E-state index contributed by atoms with van der Waals surface area (Å²) in [6.45, 7) is 2.84. The Labute approximate surface area is 184 Å². The largest absolute Gasteiger partial charge is 0.492 e. The van der Waals surface area contributed by atoms with Crippen LogP contribution in [0.2, 0.25) is 5.02 Å². The van der Waals surface area contributed by atoms with E-state index in [0.717, 1.165) is 4.47 Å². The second-order valence-corrected chi connectivity index (χ2v) is 9.96. The molecule has 1 N–H and O–H groups in total. The normalized spacial score (nSPS) is 15.8. The summed E-state index contributed by atoms with van der Waals surface area (Å²) in [5.41, 5.74) is 0.712. The van der Waals surface area contributed by atoms with Crippen molar-refractivity contribution in [2.45, 2.75) is 24.7 Å². The van der Waals surface area contributed by atoms with Crippen LogP contribution < -0.4 is 10.1 Å². The highest BCUT2D eigenvalue weighted by Gasteiger charge is 2.32. The maximum Gasteiger partial charge on any atom is 0.243 e. The van der Waals surface area contributed by atoms with Crippen LogP contribution in [-0.2, 0) is 14.8 Å². The van der Waals surface area contributed by atoms with Gasteiger partial charge in [0.15, 0.2) is 0 Å². The number of rotatable bonds is 6. The molecule has 1 aliphatic heterocycles. The van der Waals surface area contributed by atoms with Gasteiger partial charge in [0, 0.05) is 29.2 Å². The van der Waals surface area contributed by atoms with Gasteiger partial charge in [0.1, 0.15) is 5.75 Å². The number of ether oxygens (including phenoxy) is 1. The number of carbonyl (C=O) groups excluding carboxylic acids is 1. The van der Waals surface area contributed by atoms with Crippen molar-refractivity contribution in [2.75, 3.05) is 25.0 Å². The molecular formula is C20H22BrClN2O4S. The molecule has 0 aliphatic carbocycles. The average molecular weight is 502 g/mol. The molecule has 0 atom stereocenters. The van der Waals surface area contributed by atoms with E-state index in [0.29, 0.717) is 30.9 Å². The molecule has 0 aromatic heterocycles. The molecule has 6 nitrogen and oxygen atoms in total. The van der Waals surface area contributed by atoms with E-state index in [4.69, 9.17) is 16.3 Å². The first-order valence-corrected chi connectivity index (χ1v) is 11.9. The van der Waals surface area contributed by atoms with E-state index < -0.39 is 10.0 Å². The van der Waals surface area contributed by atoms with Crippen LogP contribution in [0.5, 0.6) is 5.75 Å². The maximum absolute atomic E-state index is 12.9. The van der Waals surface area contributed by atoms with Gasteiger partial charge in [-0.3, -0.25) is 4.79 Å². The van der Waals surface area contributed by atoms with E-state index in [2.05, 4.69) is 21.2 Å². The third-order valence-corrected chi connectivity index (χ3v) is 7.44. The zero-order chi connectivity index (χ0) is 21.0. The number of sulfonamides is 1. The predicted molar refractivity (Wildman–Crippen MR) is 117 cm³/mol. The summed E-state index contributed by atoms with van der Waals surface area (Å²) in [4.78, 5) is 12.7. The molecule has 1 fully saturated rings. The fourth-order valence-corrected chi connectivity index (χ4v) is 5.43. The highest BCUT2D eigenvalue weighted by Crippen LogP contribution is 2.30. The lowest BCUT2D eigenvalue weighted by Crippen LogP contribution is -2.41. The van der Waals surface area contributed by atoms with Crippen molar-refractivity contribution in [3.05, 3.63) is 52.0 Å². The zero-order valence-electron chi connectivity index (χ0n) is 15.9. The van der Waals surface area contributed by atoms with Crippen molar-refractivity contribution in [3.63, 3.8) is 0 Å². The lowest BCUT2D eigenvalue weighted by Gasteiger charge is -2.30. The van der Waals surface area contributed by atoms with Gasteiger partial charge in [0.05, 0.1) is 16.5 Å². The first-order valence-electron chi connectivity index (χ1n) is 9.30. The molecule has 0 radical (unpaired) electrons. The summed E-state index contributed by atoms with van der Waals surface area (Å²) in [6, 6.07) is 11.8. The molecule has 29 heavy (non-hydrogen) atoms. The number of benzene rings is 2. The lowest BCUT2D eigenvalue weighted by molar-refractivity contribution is -0.120. The van der Waals surface area contributed by atoms with Crippen molar-refractivity contribution in [3.8, 4) is 5.75 Å². The van der Waals surface area contributed by atoms with Gasteiger partial charge >= 0.3 is 0 Å². The summed E-state index contributed by atoms with van der Waals surface area (Å²) in [7, 11) is -3.67. The standard InChI is InChI=1S/C20H22BrClN2O4S/c1-2-28-19-7-6-17(13-18(19)22)29(26,27)24-10-8-14(9-11-24)20(25)23-16-5-3-4-15(21)12-16/h3-7,12-14H,2,8-11H2,1H3,(H,23,25). The van der Waals surface area contributed by atoms with Crippen molar-refractivity contribution in [1.29, 1.82) is 0 Å². The van der Waals surface area contributed by atoms with Crippen LogP contribution in [0.1, 0.15) is 19.8 Å². The van der Waals surface area contributed by atoms with E-state index in [-0.39, 0.29) is 34.8 Å². The molecule has 0 spiro atoms. The second-order valence-electron chi connectivity index (χ2n) is 6.70. The highest BCUT2D eigenvalue weighted by atomic mass is 79.9. The number of amides is 1. The van der Waals surface area contributed by atoms with Crippen LogP contribution in [-0.4, -0.2) is 38.3 Å². The Bertz CT molecular complexity index is 992. The van der Waals surface area contributed by atoms with Gasteiger partial charge in [-0.15, -0.1) is 0 Å². The predicted octanol–water partition coefficient (Wildman–Crippen LogP) is 4.54. The van der Waals surface area contributed by atoms with Crippen LogP contribution in [0.4, 0.5) is 5.69 Å². The third-order valence-electron chi connectivity index (χ3n) is 4.76. The Morgan fingerprint density at radius 3 is 2.59 bits per heavy atom. The highest BCUT2D eigenvalue weighted by molar-refractivity contribution is 9.10. The summed E-state index contributed by atoms with van der Waals surface area (Å²) >= 11 is 9.52. The van der Waals surface area contributed by atoms with E-state index in [1.54, 1.807) is 6.07 Å². The fourth-order valence-electron chi connectivity index (χ4n) is 3.23. The molecule has 0 saturated carbocycles. The van der Waals surface area contributed by atoms with E-state index in [1.165, 1.54) is 16.4 Å². The fraction of sp³-hybridized carbons (Fsp3) is 0.350. The number of anilines is 1. The van der Waals surface area contributed by atoms with Gasteiger partial charge < -0.3 is 10.1 Å². The monoisotopic (exact) mass is 500 g/mol. The Hall–Kier alpha value is -1.61. The minimum absolute atomic E-state index is 0.0933. The van der Waals surface area contributed by atoms with Crippen LogP contribution in [0.25, 0.3) is 0 Å². The van der Waals surface area contributed by atoms with Crippen molar-refractivity contribution in [2.24, 2.45) is 5.92 Å². The maximum atomic E-state index is 12.9. The summed E-state index contributed by atoms with van der Waals surface area (Å²) in [5, 5.41) is 3.16. The molecule has 2 aromatic carbocycles. The van der Waals surface area contributed by atoms with Gasteiger partial charge in [0.25, 0.3) is 0 Å². The lowest BCUT2D eigenvalue weighted by atomic mass is 9.97. The number of hydrogen-bond acceptors (Lipinski definition) is 4. The summed E-state index contributed by atoms with van der Waals surface area (Å²) < 4.78 is 33.5. The minimum atomic E-state index is -3.67. The Kier molecular flexibility index (Phi) is 7.21. The first kappa shape index (κ1) is 22.1. The molecule has 1 aliphatic rings. The molecule has 0 unspecified atom stereocenters. The molecule has 3 rings (SSSR count). The van der Waals surface area contributed by atoms with Gasteiger partial charge in [0.2, 0.25) is 15.9 Å². The molecule has 1 saturated heterocycles. The zero-order valence-corrected chi connectivity index (χ0v) is 19.1. The minimum Gasteiger partial charge on any atom is -0.492 e. The average Bonchev–Trinajstić information content (AvgIpc) is 2.69. The first-order chi connectivity index (χ1) is 13.8. The van der Waals surface area contributed by atoms with Crippen molar-refractivity contribution in [1.82, 2.24) is 4.31 Å². The quantitative estimate of drug-likeness (QED) is 0.630. The smallest absolute Gasteiger partial charge is 0.243 e. The number of hydrogen-bond donors (Lipinski definition) is 1. The van der Waals surface area contributed by atoms with Crippen LogP contribution >= 0.6 is 27.5 Å². The summed E-state index contributed by atoms with van der Waals surface area (Å²) in [6.07, 6.45) is 0.924. The number of nitrogens with one attached hydrogen (secondary N) is 1. The van der Waals surface area contributed by atoms with Crippen LogP contribution in [0, 0.1) is 5.92 Å². The van der Waals surface area contributed by atoms with E-state index in [9.17, 15) is 13.2 Å². The van der Waals surface area contributed by atoms with Gasteiger partial charge in [-0.25, -0.2) is 8.42 Å². The number of piperidine rings is 1.